The molecule has 2 heterocycles. The molecule has 0 spiro atoms. The summed E-state index contributed by atoms with van der Waals surface area (Å²) in [5, 5.41) is 7.60. The summed E-state index contributed by atoms with van der Waals surface area (Å²) in [6.07, 6.45) is 4.32. The number of nitrogens with one attached hydrogen (secondary N) is 1. The Morgan fingerprint density at radius 1 is 1.31 bits per heavy atom. The quantitative estimate of drug-likeness (QED) is 0.832. The van der Waals surface area contributed by atoms with Crippen LogP contribution in [-0.4, -0.2) is 41.4 Å². The second-order valence-corrected chi connectivity index (χ2v) is 6.38. The third-order valence-electron chi connectivity index (χ3n) is 4.46. The third kappa shape index (κ3) is 3.29. The number of nitrogens with zero attached hydrogens (tertiary/aromatic N) is 4. The highest BCUT2D eigenvalue weighted by Gasteiger charge is 2.41. The predicted octanol–water partition coefficient (Wildman–Crippen LogP) is 2.83. The molecule has 0 aliphatic carbocycles. The van der Waals surface area contributed by atoms with Crippen molar-refractivity contribution < 1.29 is 9.53 Å². The normalized spacial score (nSPS) is 20.4. The lowest BCUT2D eigenvalue weighted by atomic mass is 9.88. The van der Waals surface area contributed by atoms with Crippen molar-refractivity contribution in [3.63, 3.8) is 0 Å². The number of fused-ring (bicyclic) bond motifs is 1. The van der Waals surface area contributed by atoms with E-state index in [-0.39, 0.29) is 12.0 Å². The number of carbonyl (C=O) groups is 1. The number of hydrogen-bond acceptors (Lipinski definition) is 6. The molecule has 3 rings (SSSR count). The summed E-state index contributed by atoms with van der Waals surface area (Å²) < 4.78 is 7.14. The molecule has 26 heavy (non-hydrogen) atoms. The lowest BCUT2D eigenvalue weighted by Crippen LogP contribution is -2.38. The number of esters is 1. The molecule has 1 aromatic carbocycles. The molecule has 1 aromatic heterocycles. The van der Waals surface area contributed by atoms with Crippen LogP contribution < -0.4 is 10.2 Å². The average Bonchev–Trinajstić information content (AvgIpc) is 3.09. The Kier molecular flexibility index (Phi) is 5.25. The Morgan fingerprint density at radius 3 is 2.65 bits per heavy atom. The number of anilines is 2. The number of rotatable bonds is 5. The van der Waals surface area contributed by atoms with Gasteiger partial charge in [-0.15, -0.1) is 0 Å². The molecule has 0 amide bonds. The van der Waals surface area contributed by atoms with E-state index in [2.05, 4.69) is 15.4 Å². The lowest BCUT2D eigenvalue weighted by Gasteiger charge is -2.34. The van der Waals surface area contributed by atoms with Gasteiger partial charge in [-0.25, -0.2) is 4.68 Å². The summed E-state index contributed by atoms with van der Waals surface area (Å²) in [5.41, 5.74) is 2.90. The molecular formula is C19H25N5O2. The minimum absolute atomic E-state index is 0.262. The van der Waals surface area contributed by atoms with Gasteiger partial charge in [0.05, 0.1) is 12.6 Å². The van der Waals surface area contributed by atoms with Crippen LogP contribution in [0.4, 0.5) is 11.6 Å². The maximum atomic E-state index is 12.8. The summed E-state index contributed by atoms with van der Waals surface area (Å²) in [5.74, 6) is -0.122. The highest BCUT2D eigenvalue weighted by atomic mass is 16.5. The van der Waals surface area contributed by atoms with Crippen molar-refractivity contribution in [2.24, 2.45) is 5.92 Å². The van der Waals surface area contributed by atoms with Crippen LogP contribution in [0.2, 0.25) is 0 Å². The highest BCUT2D eigenvalue weighted by Crippen LogP contribution is 2.39. The highest BCUT2D eigenvalue weighted by molar-refractivity contribution is 5.79. The van der Waals surface area contributed by atoms with E-state index in [0.717, 1.165) is 23.4 Å². The molecule has 138 valence electrons. The van der Waals surface area contributed by atoms with Gasteiger partial charge in [-0.1, -0.05) is 25.1 Å². The molecule has 0 saturated carbocycles. The van der Waals surface area contributed by atoms with Crippen molar-refractivity contribution in [2.75, 3.05) is 30.9 Å². The van der Waals surface area contributed by atoms with Gasteiger partial charge in [0.25, 0.3) is 0 Å². The fraction of sp³-hybridized carbons (Fsp3) is 0.421. The number of carbonyl (C=O) groups excluding carboxylic acids is 1. The minimum atomic E-state index is -0.491. The second kappa shape index (κ2) is 7.59. The molecule has 2 atom stereocenters. The smallest absolute Gasteiger partial charge is 0.317 e. The van der Waals surface area contributed by atoms with Gasteiger partial charge >= 0.3 is 5.97 Å². The molecule has 0 radical (unpaired) electrons. The van der Waals surface area contributed by atoms with Gasteiger partial charge in [-0.2, -0.15) is 10.1 Å². The van der Waals surface area contributed by atoms with Crippen molar-refractivity contribution >= 4 is 17.6 Å². The summed E-state index contributed by atoms with van der Waals surface area (Å²) in [4.78, 5) is 19.1. The summed E-state index contributed by atoms with van der Waals surface area (Å²) >= 11 is 0. The van der Waals surface area contributed by atoms with E-state index < -0.39 is 5.92 Å². The van der Waals surface area contributed by atoms with Crippen molar-refractivity contribution in [3.8, 4) is 0 Å². The summed E-state index contributed by atoms with van der Waals surface area (Å²) in [7, 11) is 4.00. The van der Waals surface area contributed by atoms with Crippen LogP contribution in [0.15, 0.2) is 42.4 Å². The minimum Gasteiger partial charge on any atom is -0.465 e. The van der Waals surface area contributed by atoms with E-state index >= 15 is 0 Å². The van der Waals surface area contributed by atoms with Gasteiger partial charge < -0.3 is 15.0 Å². The molecule has 1 N–H and O–H groups in total. The first-order chi connectivity index (χ1) is 12.6. The molecule has 7 nitrogen and oxygen atoms in total. The molecule has 1 aliphatic heterocycles. The molecule has 0 unspecified atom stereocenters. The maximum Gasteiger partial charge on any atom is 0.317 e. The largest absolute Gasteiger partial charge is 0.465 e. The third-order valence-corrected chi connectivity index (χ3v) is 4.46. The average molecular weight is 355 g/mol. The Balaban J connectivity index is 2.10. The Labute approximate surface area is 153 Å². The van der Waals surface area contributed by atoms with Gasteiger partial charge in [0.1, 0.15) is 12.2 Å². The zero-order chi connectivity index (χ0) is 18.7. The van der Waals surface area contributed by atoms with Crippen molar-refractivity contribution in [2.45, 2.75) is 26.3 Å². The van der Waals surface area contributed by atoms with Gasteiger partial charge in [0.2, 0.25) is 5.95 Å². The van der Waals surface area contributed by atoms with Crippen molar-refractivity contribution in [1.82, 2.24) is 14.8 Å². The Morgan fingerprint density at radius 2 is 2.04 bits per heavy atom. The first kappa shape index (κ1) is 18.0. The van der Waals surface area contributed by atoms with Crippen LogP contribution in [0.1, 0.15) is 31.9 Å². The molecule has 2 aromatic rings. The van der Waals surface area contributed by atoms with E-state index in [1.54, 1.807) is 4.68 Å². The number of allylic oxidation sites excluding steroid dienone is 1. The molecule has 0 fully saturated rings. The number of ether oxygens (including phenoxy) is 1. The van der Waals surface area contributed by atoms with Gasteiger partial charge in [0.15, 0.2) is 0 Å². The second-order valence-electron chi connectivity index (χ2n) is 6.38. The van der Waals surface area contributed by atoms with Gasteiger partial charge in [0, 0.05) is 25.5 Å². The van der Waals surface area contributed by atoms with Crippen LogP contribution in [0.5, 0.6) is 0 Å². The number of benzene rings is 1. The van der Waals surface area contributed by atoms with E-state index in [4.69, 9.17) is 4.74 Å². The Hall–Kier alpha value is -2.83. The van der Waals surface area contributed by atoms with Crippen LogP contribution in [-0.2, 0) is 9.53 Å². The van der Waals surface area contributed by atoms with Crippen molar-refractivity contribution in [1.29, 1.82) is 0 Å². The fourth-order valence-corrected chi connectivity index (χ4v) is 3.25. The van der Waals surface area contributed by atoms with E-state index in [1.807, 2.05) is 63.2 Å². The monoisotopic (exact) mass is 355 g/mol. The predicted molar refractivity (Wildman–Crippen MR) is 101 cm³/mol. The number of hydrogen-bond donors (Lipinski definition) is 1. The molecule has 0 bridgehead atoms. The zero-order valence-electron chi connectivity index (χ0n) is 15.6. The van der Waals surface area contributed by atoms with E-state index in [1.165, 1.54) is 6.33 Å². The molecular weight excluding hydrogens is 330 g/mol. The van der Waals surface area contributed by atoms with Gasteiger partial charge in [-0.3, -0.25) is 4.79 Å². The summed E-state index contributed by atoms with van der Waals surface area (Å²) in [6.45, 7) is 4.20. The lowest BCUT2D eigenvalue weighted by molar-refractivity contribution is -0.147. The SMILES string of the molecule is CC/C=C1/Nc2ncnn2[C@H](c2ccc(N(C)C)cc2)[C@H]1C(=O)OCC. The summed E-state index contributed by atoms with van der Waals surface area (Å²) in [6, 6.07) is 7.85. The molecule has 7 heteroatoms. The van der Waals surface area contributed by atoms with Crippen LogP contribution in [0, 0.1) is 5.92 Å². The van der Waals surface area contributed by atoms with Crippen LogP contribution in [0.25, 0.3) is 0 Å². The van der Waals surface area contributed by atoms with E-state index in [9.17, 15) is 4.79 Å². The Bertz CT molecular complexity index is 795. The van der Waals surface area contributed by atoms with Gasteiger partial charge in [-0.05, 0) is 31.0 Å². The van der Waals surface area contributed by atoms with E-state index in [0.29, 0.717) is 12.6 Å². The molecule has 0 saturated heterocycles. The van der Waals surface area contributed by atoms with Crippen molar-refractivity contribution in [3.05, 3.63) is 47.9 Å². The van der Waals surface area contributed by atoms with Crippen LogP contribution >= 0.6 is 0 Å². The maximum absolute atomic E-state index is 12.8. The molecule has 1 aliphatic rings. The standard InChI is InChI=1S/C19H25N5O2/c1-5-7-15-16(18(25)26-6-2)17(24-19(22-15)20-12-21-24)13-8-10-14(11-9-13)23(3)4/h7-12,16-17H,5-6H2,1-4H3,(H,20,21,22)/b15-7+/t16-,17+/m0/s1. The van der Waals surface area contributed by atoms with Crippen LogP contribution in [0.3, 0.4) is 0 Å². The topological polar surface area (TPSA) is 72.3 Å². The number of aromatic nitrogens is 3. The first-order valence-corrected chi connectivity index (χ1v) is 8.87. The fourth-order valence-electron chi connectivity index (χ4n) is 3.25. The zero-order valence-corrected chi connectivity index (χ0v) is 15.6. The first-order valence-electron chi connectivity index (χ1n) is 8.87.